The molecule has 0 saturated carbocycles. The summed E-state index contributed by atoms with van der Waals surface area (Å²) in [6, 6.07) is 15.0. The molecule has 12 nitrogen and oxygen atoms in total. The molecule has 2 aromatic heterocycles. The van der Waals surface area contributed by atoms with E-state index < -0.39 is 9.84 Å². The van der Waals surface area contributed by atoms with Crippen molar-refractivity contribution in [3.8, 4) is 12.1 Å². The fraction of sp³-hybridized carbons (Fsp3) is 0.269. The van der Waals surface area contributed by atoms with Gasteiger partial charge in [0, 0.05) is 37.8 Å². The van der Waals surface area contributed by atoms with E-state index in [0.29, 0.717) is 52.3 Å². The van der Waals surface area contributed by atoms with Crippen molar-refractivity contribution in [3.05, 3.63) is 65.1 Å². The lowest BCUT2D eigenvalue weighted by Gasteiger charge is -2.15. The first-order valence-corrected chi connectivity index (χ1v) is 14.5. The van der Waals surface area contributed by atoms with Crippen LogP contribution in [0.5, 0.6) is 0 Å². The van der Waals surface area contributed by atoms with Crippen LogP contribution in [-0.2, 0) is 14.6 Å². The maximum absolute atomic E-state index is 11.8. The summed E-state index contributed by atoms with van der Waals surface area (Å²) in [7, 11) is -1.83. The summed E-state index contributed by atoms with van der Waals surface area (Å²) in [6.45, 7) is 6.04. The van der Waals surface area contributed by atoms with Gasteiger partial charge in [0.1, 0.15) is 28.6 Å². The number of ether oxygens (including phenoxy) is 1. The summed E-state index contributed by atoms with van der Waals surface area (Å²) in [5.74, 6) is 0.341. The smallest absolute Gasteiger partial charge is 0.172 e. The minimum absolute atomic E-state index is 0.0283. The molecular weight excluding hydrogens is 550 g/mol. The standard InChI is InChI=1S/C26H27N9O3S2/c1-4-40(36,37)14-12-30-24-21(17-28)18(2)23(25(31-24)29-11-8-13-38-3)34-35-26-19(16-27)15-22(39-26)33-32-20-9-6-5-7-10-20/h4-7,9-10,15H,1,8,11-14H2,2-3H3,(H2,29,30,31). The van der Waals surface area contributed by atoms with Gasteiger partial charge in [0.2, 0.25) is 0 Å². The molecule has 0 aliphatic rings. The van der Waals surface area contributed by atoms with Gasteiger partial charge in [-0.2, -0.15) is 10.5 Å². The fourth-order valence-electron chi connectivity index (χ4n) is 3.29. The van der Waals surface area contributed by atoms with Crippen molar-refractivity contribution in [2.24, 2.45) is 20.5 Å². The maximum Gasteiger partial charge on any atom is 0.172 e. The van der Waals surface area contributed by atoms with Gasteiger partial charge in [-0.25, -0.2) is 13.4 Å². The summed E-state index contributed by atoms with van der Waals surface area (Å²) in [6.07, 6.45) is 0.674. The number of azo groups is 2. The van der Waals surface area contributed by atoms with E-state index in [1.165, 1.54) is 0 Å². The van der Waals surface area contributed by atoms with Gasteiger partial charge in [0.15, 0.2) is 20.7 Å². The average molecular weight is 578 g/mol. The highest BCUT2D eigenvalue weighted by molar-refractivity contribution is 7.94. The predicted octanol–water partition coefficient (Wildman–Crippen LogP) is 6.44. The van der Waals surface area contributed by atoms with Gasteiger partial charge < -0.3 is 15.4 Å². The Morgan fingerprint density at radius 2 is 1.82 bits per heavy atom. The predicted molar refractivity (Wildman–Crippen MR) is 155 cm³/mol. The van der Waals surface area contributed by atoms with Gasteiger partial charge in [-0.1, -0.05) is 36.1 Å². The van der Waals surface area contributed by atoms with Crippen LogP contribution in [0.25, 0.3) is 0 Å². The van der Waals surface area contributed by atoms with E-state index in [4.69, 9.17) is 4.74 Å². The molecule has 0 radical (unpaired) electrons. The Kier molecular flexibility index (Phi) is 11.0. The SMILES string of the molecule is C=CS(=O)(=O)CCNc1nc(NCCCOC)c(N=Nc2sc(N=Nc3ccccc3)cc2C#N)c(C)c1C#N. The van der Waals surface area contributed by atoms with Gasteiger partial charge in [0.25, 0.3) is 0 Å². The number of pyridine rings is 1. The van der Waals surface area contributed by atoms with Crippen LogP contribution >= 0.6 is 11.3 Å². The van der Waals surface area contributed by atoms with Crippen LogP contribution in [0.2, 0.25) is 0 Å². The number of nitrogens with zero attached hydrogens (tertiary/aromatic N) is 7. The number of rotatable bonds is 14. The second-order valence-corrected chi connectivity index (χ2v) is 11.2. The van der Waals surface area contributed by atoms with E-state index >= 15 is 0 Å². The molecule has 0 fully saturated rings. The van der Waals surface area contributed by atoms with Crippen LogP contribution in [-0.4, -0.2) is 46.0 Å². The number of aromatic nitrogens is 1. The zero-order valence-electron chi connectivity index (χ0n) is 22.0. The van der Waals surface area contributed by atoms with Gasteiger partial charge in [-0.3, -0.25) is 0 Å². The van der Waals surface area contributed by atoms with Crippen molar-refractivity contribution >= 4 is 54.2 Å². The Labute approximate surface area is 236 Å². The quantitative estimate of drug-likeness (QED) is 0.162. The molecule has 3 rings (SSSR count). The lowest BCUT2D eigenvalue weighted by Crippen LogP contribution is -2.16. The second kappa shape index (κ2) is 14.6. The van der Waals surface area contributed by atoms with Crippen LogP contribution in [0, 0.1) is 29.6 Å². The van der Waals surface area contributed by atoms with Crippen LogP contribution in [0.1, 0.15) is 23.1 Å². The number of methoxy groups -OCH3 is 1. The molecule has 0 aliphatic carbocycles. The maximum atomic E-state index is 11.8. The van der Waals surface area contributed by atoms with Crippen LogP contribution in [0.3, 0.4) is 0 Å². The third-order valence-electron chi connectivity index (χ3n) is 5.36. The summed E-state index contributed by atoms with van der Waals surface area (Å²) in [5, 5.41) is 44.3. The minimum atomic E-state index is -3.43. The largest absolute Gasteiger partial charge is 0.385 e. The lowest BCUT2D eigenvalue weighted by molar-refractivity contribution is 0.198. The van der Waals surface area contributed by atoms with Crippen molar-refractivity contribution in [3.63, 3.8) is 0 Å². The molecule has 0 bridgehead atoms. The molecule has 0 unspecified atom stereocenters. The Morgan fingerprint density at radius 1 is 1.07 bits per heavy atom. The van der Waals surface area contributed by atoms with Gasteiger partial charge in [0.05, 0.1) is 22.6 Å². The van der Waals surface area contributed by atoms with Gasteiger partial charge in [-0.15, -0.1) is 20.5 Å². The summed E-state index contributed by atoms with van der Waals surface area (Å²) in [5.41, 5.74) is 1.92. The highest BCUT2D eigenvalue weighted by Gasteiger charge is 2.18. The first-order chi connectivity index (χ1) is 19.3. The van der Waals surface area contributed by atoms with E-state index in [1.54, 1.807) is 20.1 Å². The minimum Gasteiger partial charge on any atom is -0.385 e. The first kappa shape index (κ1) is 30.0. The first-order valence-electron chi connectivity index (χ1n) is 12.0. The van der Waals surface area contributed by atoms with Crippen molar-refractivity contribution in [1.29, 1.82) is 10.5 Å². The third-order valence-corrected chi connectivity index (χ3v) is 7.54. The molecule has 0 amide bonds. The molecule has 40 heavy (non-hydrogen) atoms. The third kappa shape index (κ3) is 8.25. The number of benzene rings is 1. The van der Waals surface area contributed by atoms with E-state index in [0.717, 1.165) is 16.7 Å². The number of hydrogen-bond donors (Lipinski definition) is 2. The Hall–Kier alpha value is -4.50. The van der Waals surface area contributed by atoms with Crippen molar-refractivity contribution in [2.45, 2.75) is 13.3 Å². The fourth-order valence-corrected chi connectivity index (χ4v) is 4.60. The molecular formula is C26H27N9O3S2. The Bertz CT molecular complexity index is 1590. The van der Waals surface area contributed by atoms with Crippen LogP contribution < -0.4 is 10.6 Å². The molecule has 2 heterocycles. The molecule has 0 saturated heterocycles. The Morgan fingerprint density at radius 3 is 2.50 bits per heavy atom. The molecule has 0 atom stereocenters. The topological polar surface area (TPSA) is 177 Å². The van der Waals surface area contributed by atoms with Crippen molar-refractivity contribution in [2.75, 3.05) is 43.2 Å². The number of anilines is 2. The van der Waals surface area contributed by atoms with Gasteiger partial charge in [-0.05, 0) is 31.5 Å². The van der Waals surface area contributed by atoms with Crippen molar-refractivity contribution < 1.29 is 13.2 Å². The monoisotopic (exact) mass is 577 g/mol. The number of nitriles is 2. The number of hydrogen-bond acceptors (Lipinski definition) is 13. The normalized spacial score (nSPS) is 11.4. The number of nitrogens with one attached hydrogen (secondary N) is 2. The van der Waals surface area contributed by atoms with Crippen molar-refractivity contribution in [1.82, 2.24) is 4.98 Å². The molecule has 0 spiro atoms. The van der Waals surface area contributed by atoms with Crippen LogP contribution in [0.4, 0.5) is 33.0 Å². The molecule has 2 N–H and O–H groups in total. The van der Waals surface area contributed by atoms with Crippen LogP contribution in [0.15, 0.2) is 68.8 Å². The number of thiophene rings is 1. The van der Waals surface area contributed by atoms with E-state index in [-0.39, 0.29) is 29.2 Å². The number of sulfone groups is 1. The zero-order valence-corrected chi connectivity index (χ0v) is 23.6. The van der Waals surface area contributed by atoms with Gasteiger partial charge >= 0.3 is 0 Å². The lowest BCUT2D eigenvalue weighted by atomic mass is 10.1. The summed E-state index contributed by atoms with van der Waals surface area (Å²) < 4.78 is 28.7. The highest BCUT2D eigenvalue weighted by atomic mass is 32.2. The molecule has 0 aliphatic heterocycles. The molecule has 1 aromatic carbocycles. The molecule has 14 heteroatoms. The van der Waals surface area contributed by atoms with E-state index in [1.807, 2.05) is 30.3 Å². The zero-order chi connectivity index (χ0) is 29.0. The highest BCUT2D eigenvalue weighted by Crippen LogP contribution is 2.40. The Balaban J connectivity index is 1.95. The average Bonchev–Trinajstić information content (AvgIpc) is 3.36. The molecule has 3 aromatic rings. The van der Waals surface area contributed by atoms with E-state index in [2.05, 4.69) is 54.8 Å². The second-order valence-electron chi connectivity index (χ2n) is 8.15. The molecule has 206 valence electrons. The summed E-state index contributed by atoms with van der Waals surface area (Å²) in [4.78, 5) is 4.52. The van der Waals surface area contributed by atoms with E-state index in [9.17, 15) is 18.9 Å². The summed E-state index contributed by atoms with van der Waals surface area (Å²) >= 11 is 1.14.